The van der Waals surface area contributed by atoms with E-state index in [4.69, 9.17) is 0 Å². The van der Waals surface area contributed by atoms with Gasteiger partial charge in [0.25, 0.3) is 0 Å². The maximum atomic E-state index is 2.42. The van der Waals surface area contributed by atoms with Crippen molar-refractivity contribution in [2.24, 2.45) is 0 Å². The minimum atomic E-state index is -1.35. The Labute approximate surface area is 306 Å². The molecule has 0 radical (unpaired) electrons. The van der Waals surface area contributed by atoms with Crippen LogP contribution in [0.3, 0.4) is 0 Å². The second-order valence-corrected chi connectivity index (χ2v) is 21.6. The van der Waals surface area contributed by atoms with Gasteiger partial charge in [-0.25, -0.2) is 0 Å². The first kappa shape index (κ1) is 31.7. The van der Waals surface area contributed by atoms with Gasteiger partial charge in [0, 0.05) is 42.6 Å². The Balaban J connectivity index is 1.12. The molecule has 0 N–H and O–H groups in total. The Hall–Kier alpha value is -5.22. The van der Waals surface area contributed by atoms with Crippen LogP contribution >= 0.6 is 11.3 Å². The number of fused-ring (bicyclic) bond motifs is 6. The fourth-order valence-corrected chi connectivity index (χ4v) is 10.2. The summed E-state index contributed by atoms with van der Waals surface area (Å²) in [7, 11) is -1.35. The molecule has 1 aliphatic carbocycles. The molecule has 0 fully saturated rings. The summed E-state index contributed by atoms with van der Waals surface area (Å²) in [5.74, 6) is 0. The molecule has 0 atom stereocenters. The fraction of sp³-hybridized carbons (Fsp3) is 0.125. The standard InChI is InChI=1S/C48H41NSSi/c1-48(2)44-12-8-6-10-40(44)41-28-25-38(31-45(41)48)49(36-21-14-32(15-22-36)33-18-26-39(27-19-33)51(3,4)5)37-23-16-34(17-24-37)35-20-29-47-43(30-35)42-11-7-9-13-46(42)50-47/h6-31H,1-5H3. The number of hydrogen-bond donors (Lipinski definition) is 0. The van der Waals surface area contributed by atoms with Crippen molar-refractivity contribution in [3.63, 3.8) is 0 Å². The zero-order valence-electron chi connectivity index (χ0n) is 29.9. The number of benzene rings is 7. The fourth-order valence-electron chi connectivity index (χ4n) is 7.95. The average molecular weight is 692 g/mol. The summed E-state index contributed by atoms with van der Waals surface area (Å²) in [5.41, 5.74) is 13.8. The van der Waals surface area contributed by atoms with E-state index in [1.165, 1.54) is 75.6 Å². The molecule has 0 saturated heterocycles. The molecular weight excluding hydrogens is 651 g/mol. The van der Waals surface area contributed by atoms with Crippen LogP contribution in [0.5, 0.6) is 0 Å². The van der Waals surface area contributed by atoms with Gasteiger partial charge < -0.3 is 4.90 Å². The van der Waals surface area contributed by atoms with Gasteiger partial charge in [0.15, 0.2) is 0 Å². The summed E-state index contributed by atoms with van der Waals surface area (Å²) in [5, 5.41) is 4.15. The molecular formula is C48H41NSSi. The lowest BCUT2D eigenvalue weighted by molar-refractivity contribution is 0.660. The molecule has 8 aromatic rings. The highest BCUT2D eigenvalue weighted by Crippen LogP contribution is 2.50. The lowest BCUT2D eigenvalue weighted by Gasteiger charge is -2.28. The van der Waals surface area contributed by atoms with Gasteiger partial charge in [0.1, 0.15) is 0 Å². The van der Waals surface area contributed by atoms with Crippen LogP contribution in [-0.4, -0.2) is 8.07 Å². The van der Waals surface area contributed by atoms with E-state index in [2.05, 4.69) is 196 Å². The van der Waals surface area contributed by atoms with Gasteiger partial charge in [-0.15, -0.1) is 11.3 Å². The van der Waals surface area contributed by atoms with Crippen LogP contribution < -0.4 is 10.1 Å². The van der Waals surface area contributed by atoms with Crippen LogP contribution in [0.4, 0.5) is 17.1 Å². The second-order valence-electron chi connectivity index (χ2n) is 15.5. The quantitative estimate of drug-likeness (QED) is 0.157. The normalized spacial score (nSPS) is 13.4. The Morgan fingerprint density at radius 1 is 0.451 bits per heavy atom. The van der Waals surface area contributed by atoms with E-state index < -0.39 is 8.07 Å². The van der Waals surface area contributed by atoms with Crippen LogP contribution in [0, 0.1) is 0 Å². The molecule has 0 bridgehead atoms. The molecule has 1 heterocycles. The lowest BCUT2D eigenvalue weighted by Crippen LogP contribution is -2.37. The number of nitrogens with zero attached hydrogens (tertiary/aromatic N) is 1. The molecule has 1 nitrogen and oxygen atoms in total. The zero-order chi connectivity index (χ0) is 34.9. The molecule has 9 rings (SSSR count). The number of hydrogen-bond acceptors (Lipinski definition) is 2. The van der Waals surface area contributed by atoms with Crippen molar-refractivity contribution in [3.8, 4) is 33.4 Å². The zero-order valence-corrected chi connectivity index (χ0v) is 31.7. The van der Waals surface area contributed by atoms with Crippen molar-refractivity contribution in [1.29, 1.82) is 0 Å². The molecule has 0 saturated carbocycles. The Morgan fingerprint density at radius 2 is 0.980 bits per heavy atom. The lowest BCUT2D eigenvalue weighted by atomic mass is 9.82. The summed E-state index contributed by atoms with van der Waals surface area (Å²) >= 11 is 1.87. The maximum absolute atomic E-state index is 2.42. The first-order valence-electron chi connectivity index (χ1n) is 17.9. The van der Waals surface area contributed by atoms with E-state index in [0.29, 0.717) is 0 Å². The van der Waals surface area contributed by atoms with Crippen molar-refractivity contribution < 1.29 is 0 Å². The van der Waals surface area contributed by atoms with Crippen LogP contribution in [0.25, 0.3) is 53.6 Å². The van der Waals surface area contributed by atoms with Gasteiger partial charge in [0.05, 0.1) is 8.07 Å². The molecule has 0 amide bonds. The van der Waals surface area contributed by atoms with Gasteiger partial charge in [-0.1, -0.05) is 142 Å². The highest BCUT2D eigenvalue weighted by molar-refractivity contribution is 7.25. The highest BCUT2D eigenvalue weighted by atomic mass is 32.1. The first-order chi connectivity index (χ1) is 24.6. The topological polar surface area (TPSA) is 3.24 Å². The van der Waals surface area contributed by atoms with Crippen LogP contribution in [0.15, 0.2) is 158 Å². The largest absolute Gasteiger partial charge is 0.310 e. The highest BCUT2D eigenvalue weighted by Gasteiger charge is 2.35. The van der Waals surface area contributed by atoms with Gasteiger partial charge in [-0.3, -0.25) is 0 Å². The summed E-state index contributed by atoms with van der Waals surface area (Å²) in [6, 6.07) is 59.0. The predicted octanol–water partition coefficient (Wildman–Crippen LogP) is 13.7. The first-order valence-corrected chi connectivity index (χ1v) is 22.2. The molecule has 1 aromatic heterocycles. The van der Waals surface area contributed by atoms with E-state index in [1.807, 2.05) is 11.3 Å². The average Bonchev–Trinajstić information content (AvgIpc) is 3.63. The third kappa shape index (κ3) is 5.44. The molecule has 0 aliphatic heterocycles. The van der Waals surface area contributed by atoms with E-state index in [1.54, 1.807) is 0 Å². The summed E-state index contributed by atoms with van der Waals surface area (Å²) in [4.78, 5) is 2.41. The summed E-state index contributed by atoms with van der Waals surface area (Å²) < 4.78 is 2.67. The van der Waals surface area contributed by atoms with Gasteiger partial charge in [-0.05, 0) is 99.1 Å². The Bertz CT molecular complexity index is 2570. The van der Waals surface area contributed by atoms with Crippen molar-refractivity contribution in [3.05, 3.63) is 169 Å². The van der Waals surface area contributed by atoms with E-state index in [9.17, 15) is 0 Å². The van der Waals surface area contributed by atoms with Crippen molar-refractivity contribution >= 4 is 61.8 Å². The molecule has 51 heavy (non-hydrogen) atoms. The van der Waals surface area contributed by atoms with Crippen LogP contribution in [0.1, 0.15) is 25.0 Å². The third-order valence-electron chi connectivity index (χ3n) is 10.9. The number of thiophene rings is 1. The van der Waals surface area contributed by atoms with Crippen molar-refractivity contribution in [2.45, 2.75) is 38.9 Å². The number of rotatable bonds is 6. The van der Waals surface area contributed by atoms with E-state index in [-0.39, 0.29) is 5.41 Å². The van der Waals surface area contributed by atoms with Gasteiger partial charge in [-0.2, -0.15) is 0 Å². The van der Waals surface area contributed by atoms with Crippen molar-refractivity contribution in [2.75, 3.05) is 4.90 Å². The van der Waals surface area contributed by atoms with Gasteiger partial charge >= 0.3 is 0 Å². The summed E-state index contributed by atoms with van der Waals surface area (Å²) in [6.45, 7) is 11.9. The molecule has 248 valence electrons. The monoisotopic (exact) mass is 691 g/mol. The van der Waals surface area contributed by atoms with E-state index in [0.717, 1.165) is 11.4 Å². The molecule has 3 heteroatoms. The molecule has 1 aliphatic rings. The van der Waals surface area contributed by atoms with Crippen LogP contribution in [0.2, 0.25) is 19.6 Å². The third-order valence-corrected chi connectivity index (χ3v) is 14.1. The molecule has 7 aromatic carbocycles. The number of anilines is 3. The second kappa shape index (κ2) is 11.9. The van der Waals surface area contributed by atoms with Crippen LogP contribution in [-0.2, 0) is 5.41 Å². The maximum Gasteiger partial charge on any atom is 0.0775 e. The Kier molecular flexibility index (Phi) is 7.43. The smallest absolute Gasteiger partial charge is 0.0775 e. The SMILES string of the molecule is CC1(C)c2ccccc2-c2ccc(N(c3ccc(-c4ccc([Si](C)(C)C)cc4)cc3)c3ccc(-c4ccc5sc6ccccc6c5c4)cc3)cc21. The minimum Gasteiger partial charge on any atom is -0.310 e. The van der Waals surface area contributed by atoms with Crippen molar-refractivity contribution in [1.82, 2.24) is 0 Å². The van der Waals surface area contributed by atoms with E-state index >= 15 is 0 Å². The molecule has 0 spiro atoms. The van der Waals surface area contributed by atoms with Gasteiger partial charge in [0.2, 0.25) is 0 Å². The Morgan fingerprint density at radius 3 is 1.67 bits per heavy atom. The predicted molar refractivity (Wildman–Crippen MR) is 225 cm³/mol. The minimum absolute atomic E-state index is 0.0755. The summed E-state index contributed by atoms with van der Waals surface area (Å²) in [6.07, 6.45) is 0. The molecule has 0 unspecified atom stereocenters.